The molecule has 1 N–H and O–H groups in total. The van der Waals surface area contributed by atoms with Gasteiger partial charge in [0.05, 0.1) is 6.04 Å². The molecule has 1 aliphatic rings. The van der Waals surface area contributed by atoms with Gasteiger partial charge in [0.25, 0.3) is 0 Å². The van der Waals surface area contributed by atoms with Crippen molar-refractivity contribution in [2.45, 2.75) is 38.8 Å². The molecule has 1 atom stereocenters. The van der Waals surface area contributed by atoms with Gasteiger partial charge in [-0.05, 0) is 43.9 Å². The van der Waals surface area contributed by atoms with E-state index in [9.17, 15) is 4.79 Å². The number of nitrogens with one attached hydrogen (secondary N) is 1. The van der Waals surface area contributed by atoms with Crippen LogP contribution in [-0.4, -0.2) is 29.9 Å². The average molecular weight is 360 g/mol. The summed E-state index contributed by atoms with van der Waals surface area (Å²) < 4.78 is 0.962. The topological polar surface area (TPSA) is 32.3 Å². The second kappa shape index (κ2) is 7.43. The van der Waals surface area contributed by atoms with Gasteiger partial charge in [-0.1, -0.05) is 33.6 Å². The molecule has 1 fully saturated rings. The van der Waals surface area contributed by atoms with Gasteiger partial charge in [-0.2, -0.15) is 0 Å². The van der Waals surface area contributed by atoms with E-state index in [1.165, 1.54) is 6.42 Å². The largest absolute Gasteiger partial charge is 0.341 e. The third-order valence-corrected chi connectivity index (χ3v) is 4.50. The second-order valence-electron chi connectivity index (χ2n) is 5.22. The van der Waals surface area contributed by atoms with E-state index in [1.54, 1.807) is 0 Å². The lowest BCUT2D eigenvalue weighted by Gasteiger charge is -2.29. The van der Waals surface area contributed by atoms with Crippen molar-refractivity contribution in [2.24, 2.45) is 0 Å². The van der Waals surface area contributed by atoms with Crippen LogP contribution in [0.4, 0.5) is 0 Å². The number of carbonyl (C=O) groups is 1. The third kappa shape index (κ3) is 4.21. The van der Waals surface area contributed by atoms with Gasteiger partial charge in [0.15, 0.2) is 0 Å². The number of hydrogen-bond acceptors (Lipinski definition) is 2. The van der Waals surface area contributed by atoms with Crippen LogP contribution in [0.3, 0.4) is 0 Å². The van der Waals surface area contributed by atoms with Crippen molar-refractivity contribution in [2.75, 3.05) is 13.1 Å². The van der Waals surface area contributed by atoms with E-state index in [0.29, 0.717) is 11.6 Å². The van der Waals surface area contributed by atoms with Crippen molar-refractivity contribution in [1.82, 2.24) is 10.2 Å². The number of nitrogens with zero attached hydrogens (tertiary/aromatic N) is 1. The molecule has 1 heterocycles. The Kier molecular flexibility index (Phi) is 5.87. The minimum Gasteiger partial charge on any atom is -0.341 e. The van der Waals surface area contributed by atoms with Gasteiger partial charge in [0.2, 0.25) is 5.91 Å². The Bertz CT molecular complexity index is 475. The molecular weight excluding hydrogens is 340 g/mol. The molecule has 1 aromatic rings. The summed E-state index contributed by atoms with van der Waals surface area (Å²) in [5.74, 6) is 0.193. The van der Waals surface area contributed by atoms with Crippen molar-refractivity contribution < 1.29 is 4.79 Å². The fourth-order valence-corrected chi connectivity index (χ4v) is 3.14. The summed E-state index contributed by atoms with van der Waals surface area (Å²) >= 11 is 9.56. The summed E-state index contributed by atoms with van der Waals surface area (Å²) in [5.41, 5.74) is 1.01. The number of carbonyl (C=O) groups excluding carboxylic acids is 1. The summed E-state index contributed by atoms with van der Waals surface area (Å²) in [6.45, 7) is 4.31. The molecule has 1 aliphatic heterocycles. The molecule has 110 valence electrons. The maximum atomic E-state index is 12.3. The first kappa shape index (κ1) is 15.8. The van der Waals surface area contributed by atoms with Crippen molar-refractivity contribution >= 4 is 33.4 Å². The smallest absolute Gasteiger partial charge is 0.239 e. The van der Waals surface area contributed by atoms with Crippen LogP contribution in [0, 0.1) is 0 Å². The van der Waals surface area contributed by atoms with Crippen LogP contribution in [0.5, 0.6) is 0 Å². The Morgan fingerprint density at radius 3 is 2.75 bits per heavy atom. The maximum Gasteiger partial charge on any atom is 0.239 e. The minimum atomic E-state index is -0.173. The molecule has 5 heteroatoms. The Morgan fingerprint density at radius 1 is 1.40 bits per heavy atom. The van der Waals surface area contributed by atoms with Crippen molar-refractivity contribution in [3.8, 4) is 0 Å². The van der Waals surface area contributed by atoms with Crippen LogP contribution in [0.25, 0.3) is 0 Å². The average Bonchev–Trinajstić information content (AvgIpc) is 2.46. The molecule has 3 nitrogen and oxygen atoms in total. The van der Waals surface area contributed by atoms with Crippen LogP contribution in [0.2, 0.25) is 5.02 Å². The van der Waals surface area contributed by atoms with Crippen LogP contribution in [-0.2, 0) is 11.3 Å². The zero-order chi connectivity index (χ0) is 14.5. The maximum absolute atomic E-state index is 12.3. The second-order valence-corrected chi connectivity index (χ2v) is 6.55. The highest BCUT2D eigenvalue weighted by molar-refractivity contribution is 9.10. The standard InChI is InChI=1S/C15H20BrClN2O/c1-11(15(20)19-7-3-2-4-8-19)18-10-12-5-6-13(16)9-14(12)17/h5-6,9,11,18H,2-4,7-8,10H2,1H3. The van der Waals surface area contributed by atoms with E-state index in [1.807, 2.05) is 30.0 Å². The Balaban J connectivity index is 1.87. The van der Waals surface area contributed by atoms with Crippen LogP contribution in [0.15, 0.2) is 22.7 Å². The number of halogens is 2. The zero-order valence-electron chi connectivity index (χ0n) is 11.7. The molecular formula is C15H20BrClN2O. The van der Waals surface area contributed by atoms with Crippen LogP contribution in [0.1, 0.15) is 31.7 Å². The molecule has 0 spiro atoms. The van der Waals surface area contributed by atoms with E-state index in [-0.39, 0.29) is 11.9 Å². The molecule has 1 aromatic carbocycles. The summed E-state index contributed by atoms with van der Waals surface area (Å²) in [6, 6.07) is 5.63. The number of hydrogen-bond donors (Lipinski definition) is 1. The Labute approximate surface area is 133 Å². The summed E-state index contributed by atoms with van der Waals surface area (Å²) in [5, 5.41) is 3.98. The van der Waals surface area contributed by atoms with Crippen LogP contribution < -0.4 is 5.32 Å². The molecule has 1 unspecified atom stereocenters. The summed E-state index contributed by atoms with van der Waals surface area (Å²) in [6.07, 6.45) is 3.48. The lowest BCUT2D eigenvalue weighted by Crippen LogP contribution is -2.46. The van der Waals surface area contributed by atoms with E-state index >= 15 is 0 Å². The highest BCUT2D eigenvalue weighted by Crippen LogP contribution is 2.21. The number of rotatable bonds is 4. The van der Waals surface area contributed by atoms with E-state index < -0.39 is 0 Å². The lowest BCUT2D eigenvalue weighted by molar-refractivity contribution is -0.133. The van der Waals surface area contributed by atoms with Gasteiger partial charge in [-0.15, -0.1) is 0 Å². The first-order chi connectivity index (χ1) is 9.58. The predicted octanol–water partition coefficient (Wildman–Crippen LogP) is 3.59. The molecule has 0 saturated carbocycles. The molecule has 0 aliphatic carbocycles. The van der Waals surface area contributed by atoms with Gasteiger partial charge < -0.3 is 10.2 Å². The van der Waals surface area contributed by atoms with E-state index in [0.717, 1.165) is 36.0 Å². The third-order valence-electron chi connectivity index (χ3n) is 3.65. The van der Waals surface area contributed by atoms with Crippen molar-refractivity contribution in [3.05, 3.63) is 33.3 Å². The molecule has 2 rings (SSSR count). The van der Waals surface area contributed by atoms with Crippen molar-refractivity contribution in [1.29, 1.82) is 0 Å². The normalized spacial score (nSPS) is 17.1. The van der Waals surface area contributed by atoms with Gasteiger partial charge in [-0.3, -0.25) is 4.79 Å². The fraction of sp³-hybridized carbons (Fsp3) is 0.533. The summed E-state index contributed by atoms with van der Waals surface area (Å²) in [7, 11) is 0. The first-order valence-electron chi connectivity index (χ1n) is 7.04. The Hall–Kier alpha value is -0.580. The van der Waals surface area contributed by atoms with Crippen LogP contribution >= 0.6 is 27.5 Å². The number of likely N-dealkylation sites (tertiary alicyclic amines) is 1. The fourth-order valence-electron chi connectivity index (χ4n) is 2.40. The highest BCUT2D eigenvalue weighted by Gasteiger charge is 2.21. The van der Waals surface area contributed by atoms with Gasteiger partial charge in [0.1, 0.15) is 0 Å². The minimum absolute atomic E-state index is 0.173. The Morgan fingerprint density at radius 2 is 2.10 bits per heavy atom. The molecule has 0 aromatic heterocycles. The lowest BCUT2D eigenvalue weighted by atomic mass is 10.1. The van der Waals surface area contributed by atoms with E-state index in [4.69, 9.17) is 11.6 Å². The van der Waals surface area contributed by atoms with Gasteiger partial charge >= 0.3 is 0 Å². The van der Waals surface area contributed by atoms with Gasteiger partial charge in [-0.25, -0.2) is 0 Å². The van der Waals surface area contributed by atoms with Crippen molar-refractivity contribution in [3.63, 3.8) is 0 Å². The molecule has 0 bridgehead atoms. The molecule has 1 saturated heterocycles. The zero-order valence-corrected chi connectivity index (χ0v) is 14.0. The highest BCUT2D eigenvalue weighted by atomic mass is 79.9. The first-order valence-corrected chi connectivity index (χ1v) is 8.21. The summed E-state index contributed by atoms with van der Waals surface area (Å²) in [4.78, 5) is 14.2. The number of benzene rings is 1. The number of amides is 1. The SMILES string of the molecule is CC(NCc1ccc(Br)cc1Cl)C(=O)N1CCCCC1. The van der Waals surface area contributed by atoms with Gasteiger partial charge in [0, 0.05) is 29.1 Å². The predicted molar refractivity (Wildman–Crippen MR) is 85.9 cm³/mol. The van der Waals surface area contributed by atoms with E-state index in [2.05, 4.69) is 21.2 Å². The molecule has 20 heavy (non-hydrogen) atoms. The molecule has 1 amide bonds. The quantitative estimate of drug-likeness (QED) is 0.891. The number of piperidine rings is 1. The molecule has 0 radical (unpaired) electrons. The monoisotopic (exact) mass is 358 g/mol.